The largest absolute Gasteiger partial charge is 0.281 e. The molecule has 1 aromatic carbocycles. The SMILES string of the molecule is Cc1nn(C)c(NNC(=O)c2ccccc2-n2ccnn2)c1C#N. The van der Waals surface area contributed by atoms with Crippen molar-refractivity contribution < 1.29 is 4.79 Å². The first kappa shape index (κ1) is 15.2. The molecule has 0 aliphatic heterocycles. The molecule has 0 aliphatic rings. The molecule has 0 spiro atoms. The number of nitrogens with one attached hydrogen (secondary N) is 2. The van der Waals surface area contributed by atoms with Crippen LogP contribution in [0.3, 0.4) is 0 Å². The average Bonchev–Trinajstić information content (AvgIpc) is 3.20. The van der Waals surface area contributed by atoms with E-state index in [-0.39, 0.29) is 5.91 Å². The van der Waals surface area contributed by atoms with Crippen LogP contribution in [0.4, 0.5) is 5.82 Å². The molecule has 0 unspecified atom stereocenters. The highest BCUT2D eigenvalue weighted by atomic mass is 16.2. The van der Waals surface area contributed by atoms with E-state index in [0.717, 1.165) is 0 Å². The fraction of sp³-hybridized carbons (Fsp3) is 0.133. The zero-order valence-electron chi connectivity index (χ0n) is 13.1. The monoisotopic (exact) mass is 322 g/mol. The highest BCUT2D eigenvalue weighted by molar-refractivity contribution is 5.98. The van der Waals surface area contributed by atoms with E-state index in [2.05, 4.69) is 32.3 Å². The van der Waals surface area contributed by atoms with E-state index in [4.69, 9.17) is 0 Å². The lowest BCUT2D eigenvalue weighted by molar-refractivity contribution is 0.0962. The number of nitriles is 1. The molecule has 9 heteroatoms. The summed E-state index contributed by atoms with van der Waals surface area (Å²) < 4.78 is 3.00. The van der Waals surface area contributed by atoms with Gasteiger partial charge in [0, 0.05) is 7.05 Å². The van der Waals surface area contributed by atoms with E-state index in [0.29, 0.717) is 28.3 Å². The average molecular weight is 322 g/mol. The van der Waals surface area contributed by atoms with Crippen molar-refractivity contribution in [2.75, 3.05) is 5.43 Å². The Hall–Kier alpha value is -3.67. The van der Waals surface area contributed by atoms with E-state index >= 15 is 0 Å². The number of aryl methyl sites for hydroxylation is 2. The first-order valence-electron chi connectivity index (χ1n) is 7.07. The zero-order valence-corrected chi connectivity index (χ0v) is 13.1. The molecule has 3 aromatic rings. The summed E-state index contributed by atoms with van der Waals surface area (Å²) in [6.07, 6.45) is 3.18. The number of hydrogen-bond acceptors (Lipinski definition) is 6. The van der Waals surface area contributed by atoms with Crippen molar-refractivity contribution in [3.05, 3.63) is 53.5 Å². The normalized spacial score (nSPS) is 10.2. The van der Waals surface area contributed by atoms with E-state index < -0.39 is 0 Å². The molecule has 3 rings (SSSR count). The van der Waals surface area contributed by atoms with Crippen molar-refractivity contribution in [1.82, 2.24) is 30.2 Å². The van der Waals surface area contributed by atoms with Crippen LogP contribution in [0, 0.1) is 18.3 Å². The van der Waals surface area contributed by atoms with Gasteiger partial charge in [-0.25, -0.2) is 4.68 Å². The second-order valence-electron chi connectivity index (χ2n) is 4.99. The van der Waals surface area contributed by atoms with Gasteiger partial charge in [-0.2, -0.15) is 10.4 Å². The maximum Gasteiger partial charge on any atom is 0.271 e. The van der Waals surface area contributed by atoms with Crippen molar-refractivity contribution in [2.24, 2.45) is 7.05 Å². The van der Waals surface area contributed by atoms with Crippen molar-refractivity contribution in [2.45, 2.75) is 6.92 Å². The fourth-order valence-electron chi connectivity index (χ4n) is 2.32. The minimum absolute atomic E-state index is 0.371. The molecule has 2 N–H and O–H groups in total. The third-order valence-electron chi connectivity index (χ3n) is 3.45. The predicted molar refractivity (Wildman–Crippen MR) is 85.1 cm³/mol. The quantitative estimate of drug-likeness (QED) is 0.691. The number of hydrazine groups is 1. The molecular formula is C15H14N8O. The number of amides is 1. The van der Waals surface area contributed by atoms with Gasteiger partial charge in [0.05, 0.1) is 29.3 Å². The van der Waals surface area contributed by atoms with Gasteiger partial charge in [-0.3, -0.25) is 20.3 Å². The van der Waals surface area contributed by atoms with Crippen molar-refractivity contribution >= 4 is 11.7 Å². The third-order valence-corrected chi connectivity index (χ3v) is 3.45. The van der Waals surface area contributed by atoms with Crippen LogP contribution in [0.1, 0.15) is 21.6 Å². The second kappa shape index (κ2) is 6.21. The number of aromatic nitrogens is 5. The van der Waals surface area contributed by atoms with Gasteiger partial charge in [-0.15, -0.1) is 5.10 Å². The van der Waals surface area contributed by atoms with Crippen molar-refractivity contribution in [1.29, 1.82) is 5.26 Å². The highest BCUT2D eigenvalue weighted by Crippen LogP contribution is 2.17. The maximum absolute atomic E-state index is 12.5. The van der Waals surface area contributed by atoms with Gasteiger partial charge in [0.25, 0.3) is 5.91 Å². The zero-order chi connectivity index (χ0) is 17.1. The molecular weight excluding hydrogens is 308 g/mol. The number of para-hydroxylation sites is 1. The molecule has 0 saturated heterocycles. The van der Waals surface area contributed by atoms with Crippen LogP contribution < -0.4 is 10.9 Å². The molecule has 120 valence electrons. The summed E-state index contributed by atoms with van der Waals surface area (Å²) in [7, 11) is 1.69. The molecule has 0 saturated carbocycles. The summed E-state index contributed by atoms with van der Waals surface area (Å²) in [5, 5.41) is 21.0. The first-order chi connectivity index (χ1) is 11.6. The van der Waals surface area contributed by atoms with Crippen LogP contribution in [0.2, 0.25) is 0 Å². The number of carbonyl (C=O) groups excluding carboxylic acids is 1. The van der Waals surface area contributed by atoms with E-state index in [1.165, 1.54) is 15.6 Å². The molecule has 9 nitrogen and oxygen atoms in total. The Bertz CT molecular complexity index is 920. The molecule has 0 aliphatic carbocycles. The highest BCUT2D eigenvalue weighted by Gasteiger charge is 2.16. The molecule has 0 fully saturated rings. The van der Waals surface area contributed by atoms with E-state index in [1.807, 2.05) is 0 Å². The first-order valence-corrected chi connectivity index (χ1v) is 7.07. The van der Waals surface area contributed by atoms with E-state index in [9.17, 15) is 10.1 Å². The van der Waals surface area contributed by atoms with Gasteiger partial charge in [-0.05, 0) is 19.1 Å². The topological polar surface area (TPSA) is 113 Å². The minimum atomic E-state index is -0.371. The molecule has 2 aromatic heterocycles. The van der Waals surface area contributed by atoms with Crippen LogP contribution >= 0.6 is 0 Å². The molecule has 0 radical (unpaired) electrons. The van der Waals surface area contributed by atoms with Gasteiger partial charge >= 0.3 is 0 Å². The van der Waals surface area contributed by atoms with Gasteiger partial charge in [0.15, 0.2) is 5.82 Å². The lowest BCUT2D eigenvalue weighted by Gasteiger charge is -2.11. The molecule has 0 bridgehead atoms. The number of rotatable bonds is 4. The lowest BCUT2D eigenvalue weighted by Crippen LogP contribution is -2.31. The summed E-state index contributed by atoms with van der Waals surface area (Å²) in [5.41, 5.74) is 7.31. The molecule has 2 heterocycles. The number of nitrogens with zero attached hydrogens (tertiary/aromatic N) is 6. The minimum Gasteiger partial charge on any atom is -0.281 e. The second-order valence-corrected chi connectivity index (χ2v) is 4.99. The Labute approximate surface area is 137 Å². The van der Waals surface area contributed by atoms with Crippen LogP contribution in [0.25, 0.3) is 5.69 Å². The number of hydrogen-bond donors (Lipinski definition) is 2. The van der Waals surface area contributed by atoms with Crippen molar-refractivity contribution in [3.63, 3.8) is 0 Å². The standard InChI is InChI=1S/C15H14N8O/c1-10-12(9-16)14(22(2)20-10)18-19-15(24)11-5-3-4-6-13(11)23-8-7-17-21-23/h3-8,18H,1-2H3,(H,19,24). The third kappa shape index (κ3) is 2.68. The number of benzene rings is 1. The summed E-state index contributed by atoms with van der Waals surface area (Å²) >= 11 is 0. The lowest BCUT2D eigenvalue weighted by atomic mass is 10.1. The Balaban J connectivity index is 1.84. The van der Waals surface area contributed by atoms with Crippen LogP contribution in [-0.2, 0) is 7.05 Å². The van der Waals surface area contributed by atoms with Gasteiger partial charge in [-0.1, -0.05) is 17.3 Å². The fourth-order valence-corrected chi connectivity index (χ4v) is 2.32. The van der Waals surface area contributed by atoms with E-state index in [1.54, 1.807) is 44.4 Å². The number of anilines is 1. The van der Waals surface area contributed by atoms with Gasteiger partial charge < -0.3 is 0 Å². The Morgan fingerprint density at radius 3 is 2.83 bits per heavy atom. The predicted octanol–water partition coefficient (Wildman–Crippen LogP) is 0.938. The Morgan fingerprint density at radius 1 is 1.33 bits per heavy atom. The molecule has 24 heavy (non-hydrogen) atoms. The number of carbonyl (C=O) groups is 1. The summed E-state index contributed by atoms with van der Waals surface area (Å²) in [6.45, 7) is 1.73. The van der Waals surface area contributed by atoms with Gasteiger partial charge in [0.2, 0.25) is 0 Å². The molecule has 0 atom stereocenters. The van der Waals surface area contributed by atoms with Crippen LogP contribution in [0.5, 0.6) is 0 Å². The summed E-state index contributed by atoms with van der Waals surface area (Å²) in [4.78, 5) is 12.5. The summed E-state index contributed by atoms with van der Waals surface area (Å²) in [6, 6.07) is 9.06. The molecule has 1 amide bonds. The van der Waals surface area contributed by atoms with Crippen LogP contribution in [-0.4, -0.2) is 30.7 Å². The summed E-state index contributed by atoms with van der Waals surface area (Å²) in [5.74, 6) is 0.0467. The maximum atomic E-state index is 12.5. The Morgan fingerprint density at radius 2 is 2.12 bits per heavy atom. The van der Waals surface area contributed by atoms with Crippen LogP contribution in [0.15, 0.2) is 36.7 Å². The van der Waals surface area contributed by atoms with Gasteiger partial charge in [0.1, 0.15) is 11.6 Å². The smallest absolute Gasteiger partial charge is 0.271 e. The Kier molecular flexibility index (Phi) is 3.94. The van der Waals surface area contributed by atoms with Crippen molar-refractivity contribution in [3.8, 4) is 11.8 Å².